The van der Waals surface area contributed by atoms with E-state index in [4.69, 9.17) is 5.11 Å². The van der Waals surface area contributed by atoms with Crippen molar-refractivity contribution in [2.24, 2.45) is 0 Å². The summed E-state index contributed by atoms with van der Waals surface area (Å²) in [5.74, 6) is -2.71. The molecule has 19 heavy (non-hydrogen) atoms. The Bertz CT molecular complexity index is 491. The Morgan fingerprint density at radius 2 is 2.05 bits per heavy atom. The summed E-state index contributed by atoms with van der Waals surface area (Å²) in [5, 5.41) is 8.56. The van der Waals surface area contributed by atoms with E-state index in [0.717, 1.165) is 0 Å². The van der Waals surface area contributed by atoms with Crippen LogP contribution < -0.4 is 4.74 Å². The maximum Gasteiger partial charge on any atom is 0.573 e. The second-order valence-electron chi connectivity index (χ2n) is 3.22. The maximum absolute atomic E-state index is 12.8. The molecule has 1 rings (SSSR count). The van der Waals surface area contributed by atoms with E-state index in [1.54, 1.807) is 0 Å². The van der Waals surface area contributed by atoms with Crippen LogP contribution in [0.25, 0.3) is 0 Å². The fourth-order valence-electron chi connectivity index (χ4n) is 1.29. The Kier molecular flexibility index (Phi) is 4.66. The summed E-state index contributed by atoms with van der Waals surface area (Å²) in [6, 6.07) is 0. The van der Waals surface area contributed by atoms with Crippen molar-refractivity contribution in [1.82, 2.24) is 4.98 Å². The third-order valence-corrected chi connectivity index (χ3v) is 2.59. The number of alkyl halides is 5. The van der Waals surface area contributed by atoms with E-state index in [2.05, 4.69) is 25.7 Å². The van der Waals surface area contributed by atoms with Gasteiger partial charge in [0.15, 0.2) is 5.75 Å². The lowest BCUT2D eigenvalue weighted by Crippen LogP contribution is -2.19. The van der Waals surface area contributed by atoms with Gasteiger partial charge in [-0.25, -0.2) is 13.8 Å². The van der Waals surface area contributed by atoms with Gasteiger partial charge in [0.05, 0.1) is 18.2 Å². The highest BCUT2D eigenvalue weighted by Gasteiger charge is 2.35. The van der Waals surface area contributed by atoms with E-state index >= 15 is 0 Å². The second-order valence-corrected chi connectivity index (χ2v) is 3.98. The first-order valence-electron chi connectivity index (χ1n) is 4.54. The number of ether oxygens (including phenoxy) is 1. The highest BCUT2D eigenvalue weighted by molar-refractivity contribution is 9.10. The number of carboxylic acid groups (broad SMARTS) is 1. The molecule has 106 valence electrons. The van der Waals surface area contributed by atoms with E-state index in [1.807, 2.05) is 0 Å². The predicted molar refractivity (Wildman–Crippen MR) is 54.9 cm³/mol. The summed E-state index contributed by atoms with van der Waals surface area (Å²) in [6.07, 6.45) is -8.99. The first-order valence-corrected chi connectivity index (χ1v) is 5.34. The highest BCUT2D eigenvalue weighted by Crippen LogP contribution is 2.37. The van der Waals surface area contributed by atoms with Gasteiger partial charge in [-0.3, -0.25) is 4.79 Å². The number of hydrogen-bond acceptors (Lipinski definition) is 3. The second kappa shape index (κ2) is 5.68. The summed E-state index contributed by atoms with van der Waals surface area (Å²) < 4.78 is 64.9. The molecule has 4 nitrogen and oxygen atoms in total. The Morgan fingerprint density at radius 1 is 1.47 bits per heavy atom. The summed E-state index contributed by atoms with van der Waals surface area (Å²) in [4.78, 5) is 13.9. The van der Waals surface area contributed by atoms with E-state index in [0.29, 0.717) is 6.20 Å². The standard InChI is InChI=1S/C9H5BrF5NO3/c10-7-3(1-5(17)18)6(8(11)12)4(2-16-7)19-9(13,14)15/h2,8H,1H2,(H,17,18). The molecule has 0 amide bonds. The Labute approximate surface area is 111 Å². The zero-order valence-electron chi connectivity index (χ0n) is 8.84. The van der Waals surface area contributed by atoms with Crippen molar-refractivity contribution >= 4 is 21.9 Å². The quantitative estimate of drug-likeness (QED) is 0.669. The normalized spacial score (nSPS) is 11.7. The molecule has 0 fully saturated rings. The molecule has 0 spiro atoms. The van der Waals surface area contributed by atoms with Gasteiger partial charge in [0.1, 0.15) is 4.60 Å². The molecule has 1 heterocycles. The van der Waals surface area contributed by atoms with Crippen molar-refractivity contribution in [3.63, 3.8) is 0 Å². The predicted octanol–water partition coefficient (Wildman–Crippen LogP) is 3.31. The molecule has 1 aromatic heterocycles. The summed E-state index contributed by atoms with van der Waals surface area (Å²) in [6.45, 7) is 0. The number of aromatic nitrogens is 1. The van der Waals surface area contributed by atoms with Crippen LogP contribution in [0.5, 0.6) is 5.75 Å². The van der Waals surface area contributed by atoms with Crippen LogP contribution >= 0.6 is 15.9 Å². The summed E-state index contributed by atoms with van der Waals surface area (Å²) >= 11 is 2.71. The molecule has 0 unspecified atom stereocenters. The molecule has 0 aliphatic heterocycles. The third-order valence-electron chi connectivity index (χ3n) is 1.91. The highest BCUT2D eigenvalue weighted by atomic mass is 79.9. The van der Waals surface area contributed by atoms with Crippen molar-refractivity contribution in [2.45, 2.75) is 19.2 Å². The van der Waals surface area contributed by atoms with Crippen molar-refractivity contribution in [3.05, 3.63) is 21.9 Å². The number of carboxylic acids is 1. The van der Waals surface area contributed by atoms with E-state index in [1.165, 1.54) is 0 Å². The third kappa shape index (κ3) is 4.30. The first kappa shape index (κ1) is 15.6. The molecular formula is C9H5BrF5NO3. The largest absolute Gasteiger partial charge is 0.573 e. The van der Waals surface area contributed by atoms with Crippen molar-refractivity contribution in [2.75, 3.05) is 0 Å². The average molecular weight is 350 g/mol. The zero-order chi connectivity index (χ0) is 14.8. The average Bonchev–Trinajstić information content (AvgIpc) is 2.19. The number of halogens is 6. The number of hydrogen-bond donors (Lipinski definition) is 1. The van der Waals surface area contributed by atoms with Gasteiger partial charge >= 0.3 is 12.3 Å². The minimum Gasteiger partial charge on any atom is -0.481 e. The van der Waals surface area contributed by atoms with Gasteiger partial charge in [0.2, 0.25) is 0 Å². The monoisotopic (exact) mass is 349 g/mol. The summed E-state index contributed by atoms with van der Waals surface area (Å²) in [5.41, 5.74) is -1.72. The Hall–Kier alpha value is -1.45. The number of pyridine rings is 1. The van der Waals surface area contributed by atoms with Crippen LogP contribution in [-0.2, 0) is 11.2 Å². The number of carbonyl (C=O) groups is 1. The van der Waals surface area contributed by atoms with Crippen LogP contribution in [0.1, 0.15) is 17.6 Å². The van der Waals surface area contributed by atoms with E-state index in [-0.39, 0.29) is 4.60 Å². The lowest BCUT2D eigenvalue weighted by Gasteiger charge is -2.16. The minimum atomic E-state index is -5.18. The molecule has 0 radical (unpaired) electrons. The van der Waals surface area contributed by atoms with Crippen LogP contribution in [0.15, 0.2) is 10.8 Å². The Balaban J connectivity index is 3.36. The van der Waals surface area contributed by atoms with Gasteiger partial charge < -0.3 is 9.84 Å². The number of aliphatic carboxylic acids is 1. The lowest BCUT2D eigenvalue weighted by atomic mass is 10.1. The molecule has 0 atom stereocenters. The molecule has 0 aliphatic rings. The number of nitrogens with zero attached hydrogens (tertiary/aromatic N) is 1. The molecule has 0 saturated carbocycles. The fourth-order valence-corrected chi connectivity index (χ4v) is 1.74. The number of rotatable bonds is 4. The van der Waals surface area contributed by atoms with Gasteiger partial charge in [-0.05, 0) is 15.9 Å². The summed E-state index contributed by atoms with van der Waals surface area (Å²) in [7, 11) is 0. The van der Waals surface area contributed by atoms with Gasteiger partial charge in [-0.2, -0.15) is 0 Å². The van der Waals surface area contributed by atoms with Gasteiger partial charge in [-0.1, -0.05) is 0 Å². The molecule has 0 bridgehead atoms. The maximum atomic E-state index is 12.8. The molecule has 0 aromatic carbocycles. The van der Waals surface area contributed by atoms with Gasteiger partial charge in [-0.15, -0.1) is 13.2 Å². The van der Waals surface area contributed by atoms with Crippen molar-refractivity contribution in [3.8, 4) is 5.75 Å². The molecular weight excluding hydrogens is 345 g/mol. The fraction of sp³-hybridized carbons (Fsp3) is 0.333. The van der Waals surface area contributed by atoms with E-state index in [9.17, 15) is 26.7 Å². The van der Waals surface area contributed by atoms with Crippen LogP contribution in [0.3, 0.4) is 0 Å². The van der Waals surface area contributed by atoms with E-state index < -0.39 is 42.1 Å². The SMILES string of the molecule is O=C(O)Cc1c(Br)ncc(OC(F)(F)F)c1C(F)F. The molecule has 0 aliphatic carbocycles. The van der Waals surface area contributed by atoms with Crippen molar-refractivity contribution < 1.29 is 36.6 Å². The minimum absolute atomic E-state index is 0.278. The van der Waals surface area contributed by atoms with Crippen LogP contribution in [0, 0.1) is 0 Å². The van der Waals surface area contributed by atoms with Crippen molar-refractivity contribution in [1.29, 1.82) is 0 Å². The smallest absolute Gasteiger partial charge is 0.481 e. The molecule has 1 aromatic rings. The topological polar surface area (TPSA) is 59.4 Å². The molecule has 10 heteroatoms. The van der Waals surface area contributed by atoms with Crippen LogP contribution in [0.2, 0.25) is 0 Å². The van der Waals surface area contributed by atoms with Gasteiger partial charge in [0.25, 0.3) is 6.43 Å². The van der Waals surface area contributed by atoms with Crippen LogP contribution in [0.4, 0.5) is 22.0 Å². The first-order chi connectivity index (χ1) is 8.61. The zero-order valence-corrected chi connectivity index (χ0v) is 10.4. The Morgan fingerprint density at radius 3 is 2.47 bits per heavy atom. The molecule has 0 saturated heterocycles. The molecule has 1 N–H and O–H groups in total. The lowest BCUT2D eigenvalue weighted by molar-refractivity contribution is -0.275. The van der Waals surface area contributed by atoms with Crippen LogP contribution in [-0.4, -0.2) is 22.4 Å². The van der Waals surface area contributed by atoms with Gasteiger partial charge in [0, 0.05) is 5.56 Å².